The molecule has 5 heteroatoms. The molecule has 0 saturated carbocycles. The van der Waals surface area contributed by atoms with Crippen LogP contribution in [0.1, 0.15) is 24.9 Å². The fourth-order valence-corrected chi connectivity index (χ4v) is 2.59. The second-order valence-corrected chi connectivity index (χ2v) is 5.05. The first-order chi connectivity index (χ1) is 10.8. The molecule has 1 fully saturated rings. The number of carbonyl (C=O) groups is 1. The lowest BCUT2D eigenvalue weighted by molar-refractivity contribution is -0.154. The van der Waals surface area contributed by atoms with Gasteiger partial charge in [-0.1, -0.05) is 24.3 Å². The lowest BCUT2D eigenvalue weighted by Gasteiger charge is -2.24. The minimum Gasteiger partial charge on any atom is -0.464 e. The number of hydrogen-bond acceptors (Lipinski definition) is 5. The first-order valence-electron chi connectivity index (χ1n) is 7.37. The molecule has 114 valence electrons. The number of ether oxygens (including phenoxy) is 1. The summed E-state index contributed by atoms with van der Waals surface area (Å²) in [6, 6.07) is 13.6. The highest BCUT2D eigenvalue weighted by Gasteiger charge is 2.39. The average Bonchev–Trinajstić information content (AvgIpc) is 3.02. The lowest BCUT2D eigenvalue weighted by atomic mass is 10.0. The van der Waals surface area contributed by atoms with Crippen molar-refractivity contribution < 1.29 is 14.4 Å². The monoisotopic (exact) mass is 298 g/mol. The van der Waals surface area contributed by atoms with Crippen LogP contribution >= 0.6 is 0 Å². The topological polar surface area (TPSA) is 51.7 Å². The Morgan fingerprint density at radius 3 is 2.82 bits per heavy atom. The number of hydrogen-bond donors (Lipinski definition) is 0. The van der Waals surface area contributed by atoms with E-state index in [1.165, 1.54) is 0 Å². The van der Waals surface area contributed by atoms with Gasteiger partial charge in [0.05, 0.1) is 18.3 Å². The van der Waals surface area contributed by atoms with E-state index in [4.69, 9.17) is 9.57 Å². The summed E-state index contributed by atoms with van der Waals surface area (Å²) in [5, 5.41) is 1.78. The molecule has 2 heterocycles. The van der Waals surface area contributed by atoms with Gasteiger partial charge in [0.25, 0.3) is 0 Å². The second-order valence-electron chi connectivity index (χ2n) is 5.05. The summed E-state index contributed by atoms with van der Waals surface area (Å²) in [6.07, 6.45) is 3.48. The minimum absolute atomic E-state index is 0.0643. The quantitative estimate of drug-likeness (QED) is 0.812. The molecule has 0 spiro atoms. The van der Waals surface area contributed by atoms with Crippen molar-refractivity contribution >= 4 is 11.7 Å². The molecular weight excluding hydrogens is 280 g/mol. The first kappa shape index (κ1) is 14.5. The van der Waals surface area contributed by atoms with Crippen LogP contribution in [-0.2, 0) is 14.4 Å². The van der Waals surface area contributed by atoms with Crippen molar-refractivity contribution in [3.63, 3.8) is 0 Å². The molecule has 0 N–H and O–H groups in total. The maximum atomic E-state index is 12.0. The van der Waals surface area contributed by atoms with Gasteiger partial charge in [-0.05, 0) is 30.7 Å². The summed E-state index contributed by atoms with van der Waals surface area (Å²) < 4.78 is 5.09. The number of aromatic nitrogens is 1. The van der Waals surface area contributed by atoms with Gasteiger partial charge in [0.15, 0.2) is 6.10 Å². The van der Waals surface area contributed by atoms with Crippen LogP contribution in [0.25, 0.3) is 0 Å². The van der Waals surface area contributed by atoms with Crippen molar-refractivity contribution in [1.82, 2.24) is 4.98 Å². The van der Waals surface area contributed by atoms with Gasteiger partial charge in [-0.15, -0.1) is 0 Å². The van der Waals surface area contributed by atoms with E-state index in [1.54, 1.807) is 24.4 Å². The number of carbonyl (C=O) groups excluding carboxylic acids is 1. The zero-order valence-corrected chi connectivity index (χ0v) is 12.4. The van der Waals surface area contributed by atoms with Crippen LogP contribution in [-0.4, -0.2) is 23.7 Å². The number of benzene rings is 1. The third-order valence-electron chi connectivity index (χ3n) is 3.59. The molecule has 1 aliphatic heterocycles. The third kappa shape index (κ3) is 2.94. The molecule has 22 heavy (non-hydrogen) atoms. The molecular formula is C17H18N2O3. The Balaban J connectivity index is 1.89. The SMILES string of the molecule is CCOC(=O)C1CC(c2cccnc2)N(c2ccccc2)O1. The van der Waals surface area contributed by atoms with Gasteiger partial charge in [0, 0.05) is 18.8 Å². The fraction of sp³-hybridized carbons (Fsp3) is 0.294. The predicted octanol–water partition coefficient (Wildman–Crippen LogP) is 2.90. The Morgan fingerprint density at radius 1 is 1.32 bits per heavy atom. The van der Waals surface area contributed by atoms with E-state index in [0.717, 1.165) is 11.3 Å². The van der Waals surface area contributed by atoms with Crippen molar-refractivity contribution in [3.8, 4) is 0 Å². The zero-order valence-electron chi connectivity index (χ0n) is 12.4. The van der Waals surface area contributed by atoms with Gasteiger partial charge in [-0.3, -0.25) is 9.82 Å². The molecule has 2 aromatic rings. The summed E-state index contributed by atoms with van der Waals surface area (Å²) in [5.74, 6) is -0.324. The van der Waals surface area contributed by atoms with E-state index in [2.05, 4.69) is 4.98 Å². The normalized spacial score (nSPS) is 20.9. The highest BCUT2D eigenvalue weighted by molar-refractivity contribution is 5.75. The molecule has 2 atom stereocenters. The van der Waals surface area contributed by atoms with Crippen LogP contribution in [0.2, 0.25) is 0 Å². The van der Waals surface area contributed by atoms with Crippen molar-refractivity contribution in [1.29, 1.82) is 0 Å². The molecule has 1 aromatic heterocycles. The number of rotatable bonds is 4. The minimum atomic E-state index is -0.592. The predicted molar refractivity (Wildman–Crippen MR) is 82.0 cm³/mol. The third-order valence-corrected chi connectivity index (χ3v) is 3.59. The van der Waals surface area contributed by atoms with Gasteiger partial charge in [0.2, 0.25) is 0 Å². The molecule has 0 radical (unpaired) electrons. The Morgan fingerprint density at radius 2 is 2.14 bits per heavy atom. The number of nitrogens with zero attached hydrogens (tertiary/aromatic N) is 2. The van der Waals surface area contributed by atoms with Crippen LogP contribution in [0.5, 0.6) is 0 Å². The summed E-state index contributed by atoms with van der Waals surface area (Å²) in [6.45, 7) is 2.14. The molecule has 3 rings (SSSR count). The van der Waals surface area contributed by atoms with Crippen molar-refractivity contribution in [2.75, 3.05) is 11.7 Å². The molecule has 0 bridgehead atoms. The van der Waals surface area contributed by atoms with E-state index in [-0.39, 0.29) is 12.0 Å². The number of para-hydroxylation sites is 1. The van der Waals surface area contributed by atoms with Crippen molar-refractivity contribution in [2.24, 2.45) is 0 Å². The summed E-state index contributed by atoms with van der Waals surface area (Å²) in [4.78, 5) is 22.0. The maximum Gasteiger partial charge on any atom is 0.338 e. The van der Waals surface area contributed by atoms with Crippen LogP contribution in [0.4, 0.5) is 5.69 Å². The molecule has 0 amide bonds. The van der Waals surface area contributed by atoms with E-state index in [1.807, 2.05) is 42.5 Å². The highest BCUT2D eigenvalue weighted by Crippen LogP contribution is 2.37. The van der Waals surface area contributed by atoms with Gasteiger partial charge >= 0.3 is 5.97 Å². The number of pyridine rings is 1. The van der Waals surface area contributed by atoms with Crippen molar-refractivity contribution in [2.45, 2.75) is 25.5 Å². The summed E-state index contributed by atoms with van der Waals surface area (Å²) in [7, 11) is 0. The van der Waals surface area contributed by atoms with Crippen LogP contribution < -0.4 is 5.06 Å². The largest absolute Gasteiger partial charge is 0.464 e. The van der Waals surface area contributed by atoms with Gasteiger partial charge < -0.3 is 4.74 Å². The van der Waals surface area contributed by atoms with Gasteiger partial charge in [-0.2, -0.15) is 0 Å². The molecule has 2 unspecified atom stereocenters. The Hall–Kier alpha value is -2.40. The zero-order chi connectivity index (χ0) is 15.4. The van der Waals surface area contributed by atoms with E-state index < -0.39 is 6.10 Å². The van der Waals surface area contributed by atoms with Crippen LogP contribution in [0.15, 0.2) is 54.9 Å². The average molecular weight is 298 g/mol. The van der Waals surface area contributed by atoms with E-state index >= 15 is 0 Å². The van der Waals surface area contributed by atoms with E-state index in [0.29, 0.717) is 13.0 Å². The summed E-state index contributed by atoms with van der Waals surface area (Å²) in [5.41, 5.74) is 1.92. The molecule has 1 aromatic carbocycles. The van der Waals surface area contributed by atoms with Gasteiger partial charge in [0.1, 0.15) is 0 Å². The molecule has 1 saturated heterocycles. The number of anilines is 1. The Labute approximate surface area is 129 Å². The van der Waals surface area contributed by atoms with E-state index in [9.17, 15) is 4.79 Å². The molecule has 0 aliphatic carbocycles. The molecule has 1 aliphatic rings. The fourth-order valence-electron chi connectivity index (χ4n) is 2.59. The Kier molecular flexibility index (Phi) is 4.34. The first-order valence-corrected chi connectivity index (χ1v) is 7.37. The standard InChI is InChI=1S/C17H18N2O3/c1-2-21-17(20)16-11-15(13-7-6-10-18-12-13)19(22-16)14-8-4-3-5-9-14/h3-10,12,15-16H,2,11H2,1H3. The number of esters is 1. The smallest absolute Gasteiger partial charge is 0.338 e. The van der Waals surface area contributed by atoms with Crippen molar-refractivity contribution in [3.05, 3.63) is 60.4 Å². The summed E-state index contributed by atoms with van der Waals surface area (Å²) >= 11 is 0. The maximum absolute atomic E-state index is 12.0. The second kappa shape index (κ2) is 6.58. The van der Waals surface area contributed by atoms with Crippen LogP contribution in [0, 0.1) is 0 Å². The Bertz CT molecular complexity index is 571. The number of hydroxylamine groups is 1. The lowest BCUT2D eigenvalue weighted by Crippen LogP contribution is -2.26. The highest BCUT2D eigenvalue weighted by atomic mass is 16.7. The van der Waals surface area contributed by atoms with Crippen LogP contribution in [0.3, 0.4) is 0 Å². The molecule has 5 nitrogen and oxygen atoms in total. The van der Waals surface area contributed by atoms with Gasteiger partial charge in [-0.25, -0.2) is 9.86 Å².